The van der Waals surface area contributed by atoms with E-state index in [2.05, 4.69) is 21.0 Å². The lowest BCUT2D eigenvalue weighted by Crippen LogP contribution is -2.14. The van der Waals surface area contributed by atoms with Gasteiger partial charge in [-0.05, 0) is 42.2 Å². The van der Waals surface area contributed by atoms with Crippen molar-refractivity contribution >= 4 is 15.9 Å². The molecule has 0 aliphatic carbocycles. The van der Waals surface area contributed by atoms with E-state index in [9.17, 15) is 13.2 Å². The van der Waals surface area contributed by atoms with Gasteiger partial charge >= 0.3 is 6.18 Å². The van der Waals surface area contributed by atoms with Gasteiger partial charge in [-0.25, -0.2) is 0 Å². The summed E-state index contributed by atoms with van der Waals surface area (Å²) in [4.78, 5) is 0. The number of aromatic nitrogens is 2. The highest BCUT2D eigenvalue weighted by atomic mass is 79.9. The maximum absolute atomic E-state index is 12.7. The minimum Gasteiger partial charge on any atom is -0.324 e. The zero-order chi connectivity index (χ0) is 15.6. The lowest BCUT2D eigenvalue weighted by molar-refractivity contribution is -0.137. The molecule has 0 saturated carbocycles. The molecule has 0 aliphatic heterocycles. The van der Waals surface area contributed by atoms with Crippen molar-refractivity contribution in [3.8, 4) is 0 Å². The van der Waals surface area contributed by atoms with Gasteiger partial charge in [0.25, 0.3) is 0 Å². The summed E-state index contributed by atoms with van der Waals surface area (Å²) in [6.07, 6.45) is 0.448. The Labute approximate surface area is 129 Å². The third-order valence-corrected chi connectivity index (χ3v) is 3.95. The first kappa shape index (κ1) is 16.0. The molecule has 1 unspecified atom stereocenters. The van der Waals surface area contributed by atoms with Gasteiger partial charge in [-0.3, -0.25) is 4.68 Å². The third-order valence-electron chi connectivity index (χ3n) is 3.23. The minimum absolute atomic E-state index is 0.466. The summed E-state index contributed by atoms with van der Waals surface area (Å²) in [6.45, 7) is 0. The number of hydrogen-bond donors (Lipinski definition) is 1. The van der Waals surface area contributed by atoms with Crippen molar-refractivity contribution < 1.29 is 13.2 Å². The number of hydrogen-bond acceptors (Lipinski definition) is 2. The average molecular weight is 362 g/mol. The SMILES string of the molecule is Cn1cc(CCC(N)c2cc(C(F)(F)F)ccc2Br)cn1. The van der Waals surface area contributed by atoms with E-state index in [1.807, 2.05) is 13.2 Å². The molecule has 0 aliphatic rings. The Balaban J connectivity index is 2.12. The summed E-state index contributed by atoms with van der Waals surface area (Å²) in [7, 11) is 1.81. The third kappa shape index (κ3) is 4.07. The van der Waals surface area contributed by atoms with Crippen molar-refractivity contribution in [3.63, 3.8) is 0 Å². The van der Waals surface area contributed by atoms with Gasteiger partial charge < -0.3 is 5.73 Å². The van der Waals surface area contributed by atoms with Crippen LogP contribution in [0.15, 0.2) is 35.1 Å². The number of aryl methyl sites for hydroxylation is 2. The fraction of sp³-hybridized carbons (Fsp3) is 0.357. The molecule has 0 saturated heterocycles. The molecule has 0 bridgehead atoms. The van der Waals surface area contributed by atoms with Gasteiger partial charge in [0.2, 0.25) is 0 Å². The van der Waals surface area contributed by atoms with Gasteiger partial charge in [0.15, 0.2) is 0 Å². The molecule has 7 heteroatoms. The first-order chi connectivity index (χ1) is 9.77. The van der Waals surface area contributed by atoms with Gasteiger partial charge in [-0.2, -0.15) is 18.3 Å². The Bertz CT molecular complexity index is 622. The molecule has 1 heterocycles. The Hall–Kier alpha value is -1.34. The monoisotopic (exact) mass is 361 g/mol. The van der Waals surface area contributed by atoms with Crippen LogP contribution >= 0.6 is 15.9 Å². The molecular formula is C14H15BrF3N3. The van der Waals surface area contributed by atoms with E-state index < -0.39 is 17.8 Å². The molecular weight excluding hydrogens is 347 g/mol. The number of benzene rings is 1. The molecule has 0 radical (unpaired) electrons. The molecule has 1 aromatic heterocycles. The molecule has 1 atom stereocenters. The van der Waals surface area contributed by atoms with Crippen LogP contribution in [-0.2, 0) is 19.6 Å². The molecule has 21 heavy (non-hydrogen) atoms. The van der Waals surface area contributed by atoms with Crippen molar-refractivity contribution in [2.75, 3.05) is 0 Å². The molecule has 1 aromatic carbocycles. The topological polar surface area (TPSA) is 43.8 Å². The second-order valence-corrected chi connectivity index (χ2v) is 5.76. The van der Waals surface area contributed by atoms with Gasteiger partial charge in [-0.1, -0.05) is 15.9 Å². The first-order valence-electron chi connectivity index (χ1n) is 6.37. The smallest absolute Gasteiger partial charge is 0.324 e. The second-order valence-electron chi connectivity index (χ2n) is 4.90. The van der Waals surface area contributed by atoms with Crippen molar-refractivity contribution in [2.45, 2.75) is 25.1 Å². The standard InChI is InChI=1S/C14H15BrF3N3/c1-21-8-9(7-20-21)2-5-13(19)11-6-10(14(16,17)18)3-4-12(11)15/h3-4,6-8,13H,2,5,19H2,1H3. The highest BCUT2D eigenvalue weighted by Gasteiger charge is 2.31. The summed E-state index contributed by atoms with van der Waals surface area (Å²) in [6, 6.07) is 3.07. The molecule has 114 valence electrons. The van der Waals surface area contributed by atoms with Gasteiger partial charge in [0.1, 0.15) is 0 Å². The Kier molecular flexibility index (Phi) is 4.73. The lowest BCUT2D eigenvalue weighted by atomic mass is 9.99. The normalized spacial score (nSPS) is 13.4. The summed E-state index contributed by atoms with van der Waals surface area (Å²) in [5, 5.41) is 4.05. The maximum atomic E-state index is 12.7. The molecule has 2 N–H and O–H groups in total. The maximum Gasteiger partial charge on any atom is 0.416 e. The van der Waals surface area contributed by atoms with Crippen LogP contribution in [0.2, 0.25) is 0 Å². The van der Waals surface area contributed by atoms with Crippen LogP contribution in [0.3, 0.4) is 0 Å². The van der Waals surface area contributed by atoms with Crippen LogP contribution in [0.25, 0.3) is 0 Å². The van der Waals surface area contributed by atoms with E-state index in [0.29, 0.717) is 22.9 Å². The van der Waals surface area contributed by atoms with Gasteiger partial charge in [0, 0.05) is 23.8 Å². The highest BCUT2D eigenvalue weighted by Crippen LogP contribution is 2.34. The van der Waals surface area contributed by atoms with Crippen LogP contribution in [0, 0.1) is 0 Å². The Morgan fingerprint density at radius 1 is 1.38 bits per heavy atom. The number of nitrogens with two attached hydrogens (primary N) is 1. The van der Waals surface area contributed by atoms with E-state index in [1.54, 1.807) is 10.9 Å². The number of alkyl halides is 3. The molecule has 2 aromatic rings. The number of halogens is 4. The van der Waals surface area contributed by atoms with Gasteiger partial charge in [0.05, 0.1) is 11.8 Å². The lowest BCUT2D eigenvalue weighted by Gasteiger charge is -2.16. The summed E-state index contributed by atoms with van der Waals surface area (Å²) in [5.74, 6) is 0. The van der Waals surface area contributed by atoms with Crippen molar-refractivity contribution in [3.05, 3.63) is 51.8 Å². The van der Waals surface area contributed by atoms with Crippen LogP contribution < -0.4 is 5.73 Å². The average Bonchev–Trinajstić information content (AvgIpc) is 2.81. The van der Waals surface area contributed by atoms with Crippen LogP contribution in [0.5, 0.6) is 0 Å². The van der Waals surface area contributed by atoms with Crippen LogP contribution in [0.4, 0.5) is 13.2 Å². The molecule has 0 spiro atoms. The zero-order valence-electron chi connectivity index (χ0n) is 11.4. The molecule has 2 rings (SSSR count). The first-order valence-corrected chi connectivity index (χ1v) is 7.16. The van der Waals surface area contributed by atoms with Gasteiger partial charge in [-0.15, -0.1) is 0 Å². The van der Waals surface area contributed by atoms with Crippen LogP contribution in [0.1, 0.15) is 29.2 Å². The Morgan fingerprint density at radius 2 is 2.10 bits per heavy atom. The fourth-order valence-electron chi connectivity index (χ4n) is 2.08. The number of nitrogens with zero attached hydrogens (tertiary/aromatic N) is 2. The predicted molar refractivity (Wildman–Crippen MR) is 77.6 cm³/mol. The second kappa shape index (κ2) is 6.19. The van der Waals surface area contributed by atoms with E-state index in [0.717, 1.165) is 17.7 Å². The van der Waals surface area contributed by atoms with Crippen LogP contribution in [-0.4, -0.2) is 9.78 Å². The van der Waals surface area contributed by atoms with E-state index >= 15 is 0 Å². The van der Waals surface area contributed by atoms with Crippen molar-refractivity contribution in [1.29, 1.82) is 0 Å². The summed E-state index contributed by atoms with van der Waals surface area (Å²) in [5.41, 5.74) is 6.83. The minimum atomic E-state index is -4.36. The van der Waals surface area contributed by atoms with E-state index in [-0.39, 0.29) is 0 Å². The Morgan fingerprint density at radius 3 is 2.67 bits per heavy atom. The summed E-state index contributed by atoms with van der Waals surface area (Å²) >= 11 is 3.26. The molecule has 3 nitrogen and oxygen atoms in total. The quantitative estimate of drug-likeness (QED) is 0.898. The summed E-state index contributed by atoms with van der Waals surface area (Å²) < 4.78 is 40.5. The number of rotatable bonds is 4. The van der Waals surface area contributed by atoms with Crippen molar-refractivity contribution in [2.24, 2.45) is 12.8 Å². The largest absolute Gasteiger partial charge is 0.416 e. The highest BCUT2D eigenvalue weighted by molar-refractivity contribution is 9.10. The van der Waals surface area contributed by atoms with E-state index in [1.165, 1.54) is 6.07 Å². The van der Waals surface area contributed by atoms with Crippen molar-refractivity contribution in [1.82, 2.24) is 9.78 Å². The molecule has 0 amide bonds. The zero-order valence-corrected chi connectivity index (χ0v) is 12.9. The predicted octanol–water partition coefficient (Wildman–Crippen LogP) is 3.83. The van der Waals surface area contributed by atoms with E-state index in [4.69, 9.17) is 5.73 Å². The molecule has 0 fully saturated rings. The fourth-order valence-corrected chi connectivity index (χ4v) is 2.62.